The Morgan fingerprint density at radius 1 is 1.17 bits per heavy atom. The lowest BCUT2D eigenvalue weighted by Crippen LogP contribution is -2.44. The maximum absolute atomic E-state index is 10.2. The molecule has 29 heavy (non-hydrogen) atoms. The normalized spacial score (nSPS) is 20.3. The summed E-state index contributed by atoms with van der Waals surface area (Å²) in [7, 11) is 0. The van der Waals surface area contributed by atoms with Gasteiger partial charge in [-0.2, -0.15) is 0 Å². The number of rotatable bonds is 7. The first-order chi connectivity index (χ1) is 13.9. The fourth-order valence-corrected chi connectivity index (χ4v) is 5.04. The fraction of sp³-hybridized carbons (Fsp3) is 0.520. The Hall–Kier alpha value is -1.64. The second-order valence-electron chi connectivity index (χ2n) is 8.89. The van der Waals surface area contributed by atoms with E-state index in [2.05, 4.69) is 53.1 Å². The summed E-state index contributed by atoms with van der Waals surface area (Å²) in [4.78, 5) is 4.78. The maximum Gasteiger partial charge on any atom is 0.120 e. The number of piperidine rings is 1. The fourth-order valence-electron chi connectivity index (χ4n) is 4.13. The van der Waals surface area contributed by atoms with Crippen LogP contribution in [0.3, 0.4) is 0 Å². The molecule has 4 heteroatoms. The Kier molecular flexibility index (Phi) is 7.54. The van der Waals surface area contributed by atoms with Crippen molar-refractivity contribution >= 4 is 11.3 Å². The lowest BCUT2D eigenvalue weighted by Gasteiger charge is -2.42. The molecule has 1 aliphatic rings. The number of nitrogens with zero attached hydrogens (tertiary/aromatic N) is 1. The van der Waals surface area contributed by atoms with Crippen LogP contribution in [0.15, 0.2) is 42.5 Å². The zero-order valence-electron chi connectivity index (χ0n) is 17.7. The average molecular weight is 412 g/mol. The Morgan fingerprint density at radius 3 is 2.69 bits per heavy atom. The summed E-state index contributed by atoms with van der Waals surface area (Å²) < 4.78 is 0. The van der Waals surface area contributed by atoms with Crippen molar-refractivity contribution in [3.63, 3.8) is 0 Å². The van der Waals surface area contributed by atoms with E-state index < -0.39 is 5.60 Å². The number of thiophene rings is 1. The molecule has 1 aromatic heterocycles. The second kappa shape index (κ2) is 9.91. The topological polar surface area (TPSA) is 43.7 Å². The van der Waals surface area contributed by atoms with Crippen molar-refractivity contribution in [3.05, 3.63) is 57.8 Å². The van der Waals surface area contributed by atoms with Crippen LogP contribution in [0.1, 0.15) is 54.8 Å². The van der Waals surface area contributed by atoms with Gasteiger partial charge in [0.25, 0.3) is 0 Å². The molecule has 0 radical (unpaired) electrons. The van der Waals surface area contributed by atoms with Crippen molar-refractivity contribution in [1.82, 2.24) is 4.90 Å². The van der Waals surface area contributed by atoms with E-state index in [0.29, 0.717) is 0 Å². The summed E-state index contributed by atoms with van der Waals surface area (Å²) in [6.45, 7) is 6.63. The van der Waals surface area contributed by atoms with Crippen molar-refractivity contribution < 1.29 is 10.2 Å². The molecule has 1 unspecified atom stereocenters. The van der Waals surface area contributed by atoms with Crippen molar-refractivity contribution in [1.29, 1.82) is 0 Å². The van der Waals surface area contributed by atoms with Crippen molar-refractivity contribution in [3.8, 4) is 11.8 Å². The zero-order chi connectivity index (χ0) is 20.7. The molecule has 3 nitrogen and oxygen atoms in total. The van der Waals surface area contributed by atoms with Gasteiger partial charge in [0.15, 0.2) is 0 Å². The summed E-state index contributed by atoms with van der Waals surface area (Å²) in [5.41, 5.74) is 0.442. The van der Waals surface area contributed by atoms with Gasteiger partial charge in [-0.05, 0) is 70.2 Å². The van der Waals surface area contributed by atoms with Gasteiger partial charge in [-0.1, -0.05) is 42.2 Å². The number of likely N-dealkylation sites (tertiary alicyclic amines) is 1. The molecular formula is C25H33NO2S. The molecule has 2 N–H and O–H groups in total. The van der Waals surface area contributed by atoms with Crippen molar-refractivity contribution in [2.45, 2.75) is 58.1 Å². The van der Waals surface area contributed by atoms with Gasteiger partial charge in [-0.3, -0.25) is 4.90 Å². The zero-order valence-corrected chi connectivity index (χ0v) is 18.5. The Bertz CT molecular complexity index is 828. The summed E-state index contributed by atoms with van der Waals surface area (Å²) in [5.74, 6) is 5.96. The van der Waals surface area contributed by atoms with E-state index in [1.54, 1.807) is 25.2 Å². The predicted molar refractivity (Wildman–Crippen MR) is 121 cm³/mol. The van der Waals surface area contributed by atoms with E-state index in [-0.39, 0.29) is 12.0 Å². The highest BCUT2D eigenvalue weighted by Crippen LogP contribution is 2.35. The summed E-state index contributed by atoms with van der Waals surface area (Å²) in [6.07, 6.45) is 5.52. The minimum absolute atomic E-state index is 0.0217. The van der Waals surface area contributed by atoms with Crippen molar-refractivity contribution in [2.24, 2.45) is 5.41 Å². The summed E-state index contributed by atoms with van der Waals surface area (Å²) in [6, 6.07) is 14.8. The number of hydrogen-bond donors (Lipinski definition) is 2. The molecule has 156 valence electrons. The molecule has 0 saturated carbocycles. The van der Waals surface area contributed by atoms with E-state index >= 15 is 0 Å². The van der Waals surface area contributed by atoms with E-state index in [1.807, 2.05) is 6.07 Å². The third-order valence-electron chi connectivity index (χ3n) is 5.62. The number of aliphatic hydroxyl groups is 2. The molecule has 0 bridgehead atoms. The van der Waals surface area contributed by atoms with E-state index in [9.17, 15) is 10.2 Å². The quantitative estimate of drug-likeness (QED) is 0.661. The monoisotopic (exact) mass is 411 g/mol. The molecule has 0 aliphatic carbocycles. The van der Waals surface area contributed by atoms with Gasteiger partial charge in [0.2, 0.25) is 0 Å². The molecule has 1 atom stereocenters. The molecule has 3 rings (SSSR count). The molecular weight excluding hydrogens is 378 g/mol. The minimum atomic E-state index is -0.961. The van der Waals surface area contributed by atoms with Crippen LogP contribution in [0.5, 0.6) is 0 Å². The summed E-state index contributed by atoms with van der Waals surface area (Å²) in [5, 5.41) is 20.0. The lowest BCUT2D eigenvalue weighted by molar-refractivity contribution is 0.0212. The SMILES string of the molecule is CC(C)(O)C#Cc1ccc(CN2CCCC(CO)(CCCc3ccccc3)C2)s1. The van der Waals surface area contributed by atoms with Crippen LogP contribution in [0.2, 0.25) is 0 Å². The molecule has 0 amide bonds. The molecule has 1 fully saturated rings. The third-order valence-corrected chi connectivity index (χ3v) is 6.61. The molecule has 2 heterocycles. The van der Waals surface area contributed by atoms with Gasteiger partial charge in [0, 0.05) is 30.0 Å². The van der Waals surface area contributed by atoms with Crippen LogP contribution in [0.4, 0.5) is 0 Å². The lowest BCUT2D eigenvalue weighted by atomic mass is 9.76. The number of benzene rings is 1. The maximum atomic E-state index is 10.2. The van der Waals surface area contributed by atoms with Crippen LogP contribution >= 0.6 is 11.3 Å². The van der Waals surface area contributed by atoms with Gasteiger partial charge in [-0.15, -0.1) is 11.3 Å². The number of aliphatic hydroxyl groups excluding tert-OH is 1. The van der Waals surface area contributed by atoms with Crippen molar-refractivity contribution in [2.75, 3.05) is 19.7 Å². The smallest absolute Gasteiger partial charge is 0.120 e. The molecule has 1 aliphatic heterocycles. The van der Waals surface area contributed by atoms with Crippen LogP contribution in [-0.4, -0.2) is 40.4 Å². The van der Waals surface area contributed by atoms with Gasteiger partial charge >= 0.3 is 0 Å². The van der Waals surface area contributed by atoms with Crippen LogP contribution in [0.25, 0.3) is 0 Å². The van der Waals surface area contributed by atoms with E-state index in [4.69, 9.17) is 0 Å². The van der Waals surface area contributed by atoms with Gasteiger partial charge in [0.05, 0.1) is 4.88 Å². The first kappa shape index (κ1) is 22.1. The first-order valence-corrected chi connectivity index (χ1v) is 11.4. The van der Waals surface area contributed by atoms with Crippen LogP contribution in [0, 0.1) is 17.3 Å². The standard InChI is InChI=1S/C25H33NO2S/c1-24(2,28)16-13-22-11-12-23(29-22)18-26-17-7-15-25(19-26,20-27)14-6-10-21-8-4-3-5-9-21/h3-5,8-9,11-12,27-28H,6-7,10,14-15,17-20H2,1-2H3. The number of hydrogen-bond acceptors (Lipinski definition) is 4. The minimum Gasteiger partial charge on any atom is -0.396 e. The first-order valence-electron chi connectivity index (χ1n) is 10.6. The Labute approximate surface area is 179 Å². The van der Waals surface area contributed by atoms with E-state index in [0.717, 1.165) is 56.6 Å². The van der Waals surface area contributed by atoms with Crippen LogP contribution < -0.4 is 0 Å². The molecule has 2 aromatic rings. The average Bonchev–Trinajstić information content (AvgIpc) is 3.14. The number of aryl methyl sites for hydroxylation is 1. The molecule has 1 saturated heterocycles. The van der Waals surface area contributed by atoms with Gasteiger partial charge < -0.3 is 10.2 Å². The Balaban J connectivity index is 1.55. The third kappa shape index (κ3) is 6.97. The molecule has 0 spiro atoms. The van der Waals surface area contributed by atoms with Crippen LogP contribution in [-0.2, 0) is 13.0 Å². The van der Waals surface area contributed by atoms with Gasteiger partial charge in [-0.25, -0.2) is 0 Å². The second-order valence-corrected chi connectivity index (χ2v) is 10.1. The highest BCUT2D eigenvalue weighted by molar-refractivity contribution is 7.12. The summed E-state index contributed by atoms with van der Waals surface area (Å²) >= 11 is 1.70. The highest BCUT2D eigenvalue weighted by Gasteiger charge is 2.34. The highest BCUT2D eigenvalue weighted by atomic mass is 32.1. The largest absolute Gasteiger partial charge is 0.396 e. The Morgan fingerprint density at radius 2 is 1.97 bits per heavy atom. The molecule has 1 aromatic carbocycles. The van der Waals surface area contributed by atoms with E-state index in [1.165, 1.54) is 10.4 Å². The predicted octanol–water partition coefficient (Wildman–Crippen LogP) is 4.47. The van der Waals surface area contributed by atoms with Gasteiger partial charge in [0.1, 0.15) is 5.60 Å².